The molecule has 18 heavy (non-hydrogen) atoms. The summed E-state index contributed by atoms with van der Waals surface area (Å²) in [7, 11) is 3.96. The van der Waals surface area contributed by atoms with Crippen molar-refractivity contribution < 1.29 is 9.53 Å². The van der Waals surface area contributed by atoms with Gasteiger partial charge in [0.15, 0.2) is 0 Å². The van der Waals surface area contributed by atoms with E-state index in [0.717, 1.165) is 26.1 Å². The number of hydrogen-bond acceptors (Lipinski definition) is 4. The zero-order chi connectivity index (χ0) is 13.8. The van der Waals surface area contributed by atoms with Crippen molar-refractivity contribution in [3.8, 4) is 0 Å². The minimum absolute atomic E-state index is 0.183. The number of rotatable bonds is 3. The van der Waals surface area contributed by atoms with Crippen LogP contribution < -0.4 is 5.43 Å². The van der Waals surface area contributed by atoms with E-state index in [9.17, 15) is 4.79 Å². The molecule has 0 radical (unpaired) electrons. The van der Waals surface area contributed by atoms with Gasteiger partial charge in [0.2, 0.25) is 0 Å². The van der Waals surface area contributed by atoms with E-state index in [0.29, 0.717) is 5.92 Å². The number of amides is 1. The van der Waals surface area contributed by atoms with Gasteiger partial charge in [0.1, 0.15) is 5.60 Å². The summed E-state index contributed by atoms with van der Waals surface area (Å²) in [6.45, 7) is 8.22. The van der Waals surface area contributed by atoms with Crippen molar-refractivity contribution in [2.75, 3.05) is 33.7 Å². The molecule has 0 bridgehead atoms. The van der Waals surface area contributed by atoms with E-state index >= 15 is 0 Å². The summed E-state index contributed by atoms with van der Waals surface area (Å²) in [5, 5.41) is 1.95. The van der Waals surface area contributed by atoms with Gasteiger partial charge in [-0.15, -0.1) is 0 Å². The van der Waals surface area contributed by atoms with Crippen LogP contribution in [-0.2, 0) is 4.74 Å². The number of nitrogens with zero attached hydrogens (tertiary/aromatic N) is 2. The van der Waals surface area contributed by atoms with Crippen LogP contribution >= 0.6 is 0 Å². The van der Waals surface area contributed by atoms with E-state index in [1.165, 1.54) is 6.42 Å². The molecule has 106 valence electrons. The molecule has 1 aliphatic rings. The summed E-state index contributed by atoms with van der Waals surface area (Å²) < 4.78 is 5.41. The standard InChI is InChI=1S/C13H27N3O2/c1-13(2,3)18-12(17)16-8-6-7-11(10-16)9-14-15(4)5/h11,14H,6-10H2,1-5H3. The van der Waals surface area contributed by atoms with Crippen LogP contribution in [0.2, 0.25) is 0 Å². The molecule has 0 aromatic heterocycles. The number of ether oxygens (including phenoxy) is 1. The molecule has 1 unspecified atom stereocenters. The van der Waals surface area contributed by atoms with Crippen molar-refractivity contribution in [2.24, 2.45) is 5.92 Å². The maximum atomic E-state index is 12.0. The van der Waals surface area contributed by atoms with Crippen molar-refractivity contribution in [2.45, 2.75) is 39.2 Å². The van der Waals surface area contributed by atoms with E-state index in [1.54, 1.807) is 0 Å². The molecule has 5 heteroatoms. The molecule has 1 saturated heterocycles. The molecule has 1 amide bonds. The molecule has 1 rings (SSSR count). The first-order valence-corrected chi connectivity index (χ1v) is 6.66. The first-order chi connectivity index (χ1) is 8.28. The first kappa shape index (κ1) is 15.2. The molecule has 1 heterocycles. The Morgan fingerprint density at radius 1 is 1.44 bits per heavy atom. The van der Waals surface area contributed by atoms with Crippen molar-refractivity contribution in [3.63, 3.8) is 0 Å². The predicted octanol–water partition coefficient (Wildman–Crippen LogP) is 1.70. The molecule has 0 saturated carbocycles. The maximum Gasteiger partial charge on any atom is 0.410 e. The molecule has 1 atom stereocenters. The molecule has 0 aromatic carbocycles. The van der Waals surface area contributed by atoms with Gasteiger partial charge in [-0.25, -0.2) is 4.79 Å². The highest BCUT2D eigenvalue weighted by Gasteiger charge is 2.27. The van der Waals surface area contributed by atoms with E-state index < -0.39 is 5.60 Å². The second-order valence-corrected chi connectivity index (χ2v) is 6.19. The maximum absolute atomic E-state index is 12.0. The number of carbonyl (C=O) groups is 1. The molecule has 0 aliphatic carbocycles. The van der Waals surface area contributed by atoms with Crippen LogP contribution in [0.25, 0.3) is 0 Å². The third-order valence-corrected chi connectivity index (χ3v) is 2.87. The summed E-state index contributed by atoms with van der Waals surface area (Å²) in [6.07, 6.45) is 2.04. The number of carbonyl (C=O) groups excluding carboxylic acids is 1. The van der Waals surface area contributed by atoms with E-state index in [2.05, 4.69) is 5.43 Å². The van der Waals surface area contributed by atoms with Crippen LogP contribution in [0.15, 0.2) is 0 Å². The van der Waals surface area contributed by atoms with E-state index in [1.807, 2.05) is 44.8 Å². The average Bonchev–Trinajstić information content (AvgIpc) is 2.24. The Bertz CT molecular complexity index is 274. The zero-order valence-electron chi connectivity index (χ0n) is 12.3. The Morgan fingerprint density at radius 3 is 2.67 bits per heavy atom. The van der Waals surface area contributed by atoms with Crippen LogP contribution in [0.5, 0.6) is 0 Å². The SMILES string of the molecule is CN(C)NCC1CCCN(C(=O)OC(C)(C)C)C1. The number of nitrogens with one attached hydrogen (secondary N) is 1. The van der Waals surface area contributed by atoms with Gasteiger partial charge in [-0.05, 0) is 39.5 Å². The van der Waals surface area contributed by atoms with Crippen molar-refractivity contribution in [1.29, 1.82) is 0 Å². The molecular formula is C13H27N3O2. The van der Waals surface area contributed by atoms with Crippen LogP contribution in [0.3, 0.4) is 0 Å². The third kappa shape index (κ3) is 5.69. The molecule has 0 spiro atoms. The molecule has 1 fully saturated rings. The summed E-state index contributed by atoms with van der Waals surface area (Å²) in [5.74, 6) is 0.508. The minimum atomic E-state index is -0.411. The van der Waals surface area contributed by atoms with E-state index in [4.69, 9.17) is 4.74 Å². The number of likely N-dealkylation sites (tertiary alicyclic amines) is 1. The van der Waals surface area contributed by atoms with Gasteiger partial charge < -0.3 is 9.64 Å². The molecule has 1 aliphatic heterocycles. The monoisotopic (exact) mass is 257 g/mol. The fraction of sp³-hybridized carbons (Fsp3) is 0.923. The first-order valence-electron chi connectivity index (χ1n) is 6.66. The molecular weight excluding hydrogens is 230 g/mol. The largest absolute Gasteiger partial charge is 0.444 e. The quantitative estimate of drug-likeness (QED) is 0.782. The smallest absolute Gasteiger partial charge is 0.410 e. The Hall–Kier alpha value is -0.810. The van der Waals surface area contributed by atoms with Crippen molar-refractivity contribution >= 4 is 6.09 Å². The summed E-state index contributed by atoms with van der Waals surface area (Å²) in [5.41, 5.74) is 2.87. The minimum Gasteiger partial charge on any atom is -0.444 e. The Labute approximate surface area is 110 Å². The molecule has 5 nitrogen and oxygen atoms in total. The lowest BCUT2D eigenvalue weighted by Gasteiger charge is -2.34. The lowest BCUT2D eigenvalue weighted by atomic mass is 9.98. The fourth-order valence-corrected chi connectivity index (χ4v) is 2.04. The fourth-order valence-electron chi connectivity index (χ4n) is 2.04. The molecule has 0 aromatic rings. The molecule has 1 N–H and O–H groups in total. The number of piperidine rings is 1. The lowest BCUT2D eigenvalue weighted by Crippen LogP contribution is -2.46. The van der Waals surface area contributed by atoms with Gasteiger partial charge in [0, 0.05) is 33.7 Å². The van der Waals surface area contributed by atoms with Crippen LogP contribution in [0, 0.1) is 5.92 Å². The zero-order valence-corrected chi connectivity index (χ0v) is 12.3. The van der Waals surface area contributed by atoms with Gasteiger partial charge >= 0.3 is 6.09 Å². The second kappa shape index (κ2) is 6.38. The van der Waals surface area contributed by atoms with E-state index in [-0.39, 0.29) is 6.09 Å². The third-order valence-electron chi connectivity index (χ3n) is 2.87. The van der Waals surface area contributed by atoms with Crippen LogP contribution in [0.1, 0.15) is 33.6 Å². The van der Waals surface area contributed by atoms with Crippen molar-refractivity contribution in [1.82, 2.24) is 15.3 Å². The highest BCUT2D eigenvalue weighted by molar-refractivity contribution is 5.68. The Kier molecular flexibility index (Phi) is 5.41. The average molecular weight is 257 g/mol. The topological polar surface area (TPSA) is 44.8 Å². The number of hydrogen-bond donors (Lipinski definition) is 1. The van der Waals surface area contributed by atoms with Gasteiger partial charge in [-0.1, -0.05) is 0 Å². The summed E-state index contributed by atoms with van der Waals surface area (Å²) >= 11 is 0. The van der Waals surface area contributed by atoms with Gasteiger partial charge in [0.05, 0.1) is 0 Å². The highest BCUT2D eigenvalue weighted by Crippen LogP contribution is 2.18. The van der Waals surface area contributed by atoms with Crippen molar-refractivity contribution in [3.05, 3.63) is 0 Å². The van der Waals surface area contributed by atoms with Gasteiger partial charge in [-0.3, -0.25) is 10.4 Å². The van der Waals surface area contributed by atoms with Gasteiger partial charge in [0.25, 0.3) is 0 Å². The second-order valence-electron chi connectivity index (χ2n) is 6.19. The predicted molar refractivity (Wildman–Crippen MR) is 72.2 cm³/mol. The summed E-state index contributed by atoms with van der Waals surface area (Å²) in [6, 6.07) is 0. The normalized spacial score (nSPS) is 21.2. The summed E-state index contributed by atoms with van der Waals surface area (Å²) in [4.78, 5) is 13.8. The lowest BCUT2D eigenvalue weighted by molar-refractivity contribution is 0.0159. The van der Waals surface area contributed by atoms with Crippen LogP contribution in [0.4, 0.5) is 4.79 Å². The Morgan fingerprint density at radius 2 is 2.11 bits per heavy atom. The highest BCUT2D eigenvalue weighted by atomic mass is 16.6. The van der Waals surface area contributed by atoms with Gasteiger partial charge in [-0.2, -0.15) is 0 Å². The Balaban J connectivity index is 2.40. The number of hydrazine groups is 1. The van der Waals surface area contributed by atoms with Crippen LogP contribution in [-0.4, -0.2) is 55.3 Å².